The summed E-state index contributed by atoms with van der Waals surface area (Å²) >= 11 is 0. The zero-order valence-electron chi connectivity index (χ0n) is 12.3. The lowest BCUT2D eigenvalue weighted by Gasteiger charge is -2.10. The molecule has 0 saturated heterocycles. The molecule has 0 aliphatic heterocycles. The fraction of sp³-hybridized carbons (Fsp3) is 0.600. The van der Waals surface area contributed by atoms with E-state index in [2.05, 4.69) is 4.72 Å². The third kappa shape index (κ3) is 5.39. The molecule has 21 heavy (non-hydrogen) atoms. The predicted octanol–water partition coefficient (Wildman–Crippen LogP) is 1.83. The molecule has 0 amide bonds. The fourth-order valence-electron chi connectivity index (χ4n) is 1.94. The smallest absolute Gasteiger partial charge is 0.240 e. The topological polar surface area (TPSA) is 75.6 Å². The molecule has 118 valence electrons. The van der Waals surface area contributed by atoms with Crippen molar-refractivity contribution < 1.29 is 18.3 Å². The molecule has 0 radical (unpaired) electrons. The van der Waals surface area contributed by atoms with Crippen molar-refractivity contribution in [3.63, 3.8) is 0 Å². The first-order chi connectivity index (χ1) is 9.99. The molecule has 2 N–H and O–H groups in total. The molecule has 2 rings (SSSR count). The molecule has 1 aromatic carbocycles. The first kappa shape index (κ1) is 16.4. The number of aliphatic hydroxyl groups is 1. The maximum atomic E-state index is 12.1. The minimum Gasteiger partial charge on any atom is -0.389 e. The van der Waals surface area contributed by atoms with Gasteiger partial charge in [0.2, 0.25) is 10.0 Å². The Morgan fingerprint density at radius 2 is 2.19 bits per heavy atom. The van der Waals surface area contributed by atoms with Crippen LogP contribution in [0.4, 0.5) is 0 Å². The van der Waals surface area contributed by atoms with Crippen molar-refractivity contribution in [1.29, 1.82) is 0 Å². The number of nitrogens with one attached hydrogen (secondary N) is 1. The van der Waals surface area contributed by atoms with Crippen LogP contribution in [0.2, 0.25) is 0 Å². The van der Waals surface area contributed by atoms with Crippen molar-refractivity contribution in [2.24, 2.45) is 5.92 Å². The minimum absolute atomic E-state index is 0.180. The van der Waals surface area contributed by atoms with E-state index in [1.807, 2.05) is 0 Å². The van der Waals surface area contributed by atoms with Crippen LogP contribution in [0, 0.1) is 5.92 Å². The average molecular weight is 313 g/mol. The molecule has 0 spiro atoms. The minimum atomic E-state index is -3.52. The van der Waals surface area contributed by atoms with Gasteiger partial charge in [0.1, 0.15) is 0 Å². The third-order valence-electron chi connectivity index (χ3n) is 3.46. The molecular formula is C15H23NO4S. The molecule has 1 saturated carbocycles. The second kappa shape index (κ2) is 7.35. The summed E-state index contributed by atoms with van der Waals surface area (Å²) in [4.78, 5) is 0.180. The van der Waals surface area contributed by atoms with Crippen LogP contribution < -0.4 is 4.72 Å². The van der Waals surface area contributed by atoms with Crippen LogP contribution in [-0.4, -0.2) is 33.3 Å². The van der Waals surface area contributed by atoms with Crippen LogP contribution in [0.25, 0.3) is 0 Å². The predicted molar refractivity (Wildman–Crippen MR) is 80.4 cm³/mol. The quantitative estimate of drug-likeness (QED) is 0.682. The lowest BCUT2D eigenvalue weighted by molar-refractivity contribution is 0.123. The highest BCUT2D eigenvalue weighted by Gasteiger charge is 2.21. The number of hydrogen-bond acceptors (Lipinski definition) is 4. The van der Waals surface area contributed by atoms with Crippen molar-refractivity contribution in [1.82, 2.24) is 4.72 Å². The first-order valence-electron chi connectivity index (χ1n) is 7.34. The zero-order chi connectivity index (χ0) is 15.3. The molecule has 6 heteroatoms. The van der Waals surface area contributed by atoms with Gasteiger partial charge in [-0.1, -0.05) is 12.1 Å². The monoisotopic (exact) mass is 313 g/mol. The number of ether oxygens (including phenoxy) is 1. The van der Waals surface area contributed by atoms with E-state index in [0.29, 0.717) is 25.1 Å². The zero-order valence-corrected chi connectivity index (χ0v) is 13.1. The van der Waals surface area contributed by atoms with E-state index in [0.717, 1.165) is 12.5 Å². The Labute approximate surface area is 126 Å². The Kier molecular flexibility index (Phi) is 5.75. The van der Waals surface area contributed by atoms with Gasteiger partial charge in [-0.05, 0) is 49.8 Å². The van der Waals surface area contributed by atoms with Gasteiger partial charge in [0.25, 0.3) is 0 Å². The van der Waals surface area contributed by atoms with Crippen LogP contribution in [0.5, 0.6) is 0 Å². The standard InChI is InChI=1S/C15H23NO4S/c1-12(17)14-4-2-5-15(10-14)21(18,19)16-8-3-9-20-11-13-6-7-13/h2,4-5,10,12-13,16-17H,3,6-9,11H2,1H3. The molecule has 0 bridgehead atoms. The van der Waals surface area contributed by atoms with Gasteiger partial charge in [-0.2, -0.15) is 0 Å². The molecule has 1 aromatic rings. The number of hydrogen-bond donors (Lipinski definition) is 2. The number of benzene rings is 1. The van der Waals surface area contributed by atoms with Crippen molar-refractivity contribution >= 4 is 10.0 Å². The van der Waals surface area contributed by atoms with Crippen molar-refractivity contribution in [3.05, 3.63) is 29.8 Å². The molecule has 0 aromatic heterocycles. The highest BCUT2D eigenvalue weighted by atomic mass is 32.2. The van der Waals surface area contributed by atoms with Gasteiger partial charge in [0, 0.05) is 19.8 Å². The molecule has 1 aliphatic carbocycles. The molecule has 0 heterocycles. The van der Waals surface area contributed by atoms with Crippen LogP contribution in [0.3, 0.4) is 0 Å². The van der Waals surface area contributed by atoms with Crippen molar-refractivity contribution in [2.75, 3.05) is 19.8 Å². The third-order valence-corrected chi connectivity index (χ3v) is 4.92. The summed E-state index contributed by atoms with van der Waals surface area (Å²) in [6, 6.07) is 6.36. The van der Waals surface area contributed by atoms with E-state index in [4.69, 9.17) is 4.74 Å². The van der Waals surface area contributed by atoms with Crippen molar-refractivity contribution in [3.8, 4) is 0 Å². The Bertz CT molecular complexity index is 553. The summed E-state index contributed by atoms with van der Waals surface area (Å²) in [5, 5.41) is 9.51. The van der Waals surface area contributed by atoms with E-state index in [1.54, 1.807) is 19.1 Å². The number of rotatable bonds is 9. The van der Waals surface area contributed by atoms with Crippen LogP contribution in [0.1, 0.15) is 37.9 Å². The van der Waals surface area contributed by atoms with Gasteiger partial charge in [0.05, 0.1) is 11.0 Å². The summed E-state index contributed by atoms with van der Waals surface area (Å²) in [6.07, 6.45) is 2.48. The van der Waals surface area contributed by atoms with Gasteiger partial charge >= 0.3 is 0 Å². The molecule has 1 aliphatic rings. The number of aliphatic hydroxyl groups excluding tert-OH is 1. The summed E-state index contributed by atoms with van der Waals surface area (Å²) in [7, 11) is -3.52. The summed E-state index contributed by atoms with van der Waals surface area (Å²) in [5.41, 5.74) is 0.589. The Morgan fingerprint density at radius 3 is 2.86 bits per heavy atom. The van der Waals surface area contributed by atoms with Crippen LogP contribution in [0.15, 0.2) is 29.2 Å². The lowest BCUT2D eigenvalue weighted by atomic mass is 10.1. The summed E-state index contributed by atoms with van der Waals surface area (Å²) < 4.78 is 32.3. The second-order valence-electron chi connectivity index (χ2n) is 5.52. The highest BCUT2D eigenvalue weighted by molar-refractivity contribution is 7.89. The van der Waals surface area contributed by atoms with E-state index in [1.165, 1.54) is 25.0 Å². The Morgan fingerprint density at radius 1 is 1.43 bits per heavy atom. The van der Waals surface area contributed by atoms with Crippen LogP contribution in [-0.2, 0) is 14.8 Å². The van der Waals surface area contributed by atoms with Crippen LogP contribution >= 0.6 is 0 Å². The molecular weight excluding hydrogens is 290 g/mol. The SMILES string of the molecule is CC(O)c1cccc(S(=O)(=O)NCCCOCC2CC2)c1. The first-order valence-corrected chi connectivity index (χ1v) is 8.83. The van der Waals surface area contributed by atoms with Gasteiger partial charge in [0.15, 0.2) is 0 Å². The fourth-order valence-corrected chi connectivity index (χ4v) is 3.07. The van der Waals surface area contributed by atoms with E-state index < -0.39 is 16.1 Å². The largest absolute Gasteiger partial charge is 0.389 e. The van der Waals surface area contributed by atoms with E-state index in [9.17, 15) is 13.5 Å². The molecule has 1 unspecified atom stereocenters. The Hall–Kier alpha value is -0.950. The van der Waals surface area contributed by atoms with Crippen molar-refractivity contribution in [2.45, 2.75) is 37.2 Å². The molecule has 1 atom stereocenters. The highest BCUT2D eigenvalue weighted by Crippen LogP contribution is 2.28. The molecule has 5 nitrogen and oxygen atoms in total. The average Bonchev–Trinajstić information content (AvgIpc) is 3.27. The van der Waals surface area contributed by atoms with E-state index >= 15 is 0 Å². The summed E-state index contributed by atoms with van der Waals surface area (Å²) in [5.74, 6) is 0.727. The maximum absolute atomic E-state index is 12.1. The second-order valence-corrected chi connectivity index (χ2v) is 7.29. The van der Waals surface area contributed by atoms with Gasteiger partial charge < -0.3 is 9.84 Å². The molecule has 1 fully saturated rings. The maximum Gasteiger partial charge on any atom is 0.240 e. The summed E-state index contributed by atoms with van der Waals surface area (Å²) in [6.45, 7) is 3.33. The lowest BCUT2D eigenvalue weighted by Crippen LogP contribution is -2.25. The van der Waals surface area contributed by atoms with Gasteiger partial charge in [-0.15, -0.1) is 0 Å². The number of sulfonamides is 1. The van der Waals surface area contributed by atoms with E-state index in [-0.39, 0.29) is 4.90 Å². The van der Waals surface area contributed by atoms with Gasteiger partial charge in [-0.3, -0.25) is 0 Å². The normalized spacial score (nSPS) is 16.9. The van der Waals surface area contributed by atoms with Gasteiger partial charge in [-0.25, -0.2) is 13.1 Å². The Balaban J connectivity index is 1.78.